The van der Waals surface area contributed by atoms with E-state index in [0.717, 1.165) is 24.3 Å². The van der Waals surface area contributed by atoms with Gasteiger partial charge < -0.3 is 4.74 Å². The highest BCUT2D eigenvalue weighted by Crippen LogP contribution is 2.35. The number of aryl methyl sites for hydroxylation is 1. The van der Waals surface area contributed by atoms with E-state index < -0.39 is 0 Å². The van der Waals surface area contributed by atoms with Crippen molar-refractivity contribution < 1.29 is 4.74 Å². The first kappa shape index (κ1) is 17.0. The van der Waals surface area contributed by atoms with Gasteiger partial charge in [-0.2, -0.15) is 0 Å². The van der Waals surface area contributed by atoms with Crippen LogP contribution in [0.5, 0.6) is 5.75 Å². The molecule has 0 unspecified atom stereocenters. The molecule has 0 bridgehead atoms. The summed E-state index contributed by atoms with van der Waals surface area (Å²) in [5.74, 6) is 0.982. The van der Waals surface area contributed by atoms with Crippen LogP contribution in [-0.4, -0.2) is 6.61 Å². The molecule has 0 N–H and O–H groups in total. The summed E-state index contributed by atoms with van der Waals surface area (Å²) in [5, 5.41) is 0. The molecule has 0 fully saturated rings. The Bertz CT molecular complexity index is 833. The Balaban J connectivity index is 2.10. The lowest BCUT2D eigenvalue weighted by Crippen LogP contribution is -2.00. The fourth-order valence-corrected chi connectivity index (χ4v) is 2.88. The fraction of sp³-hybridized carbons (Fsp3) is 0.167. The molecule has 0 saturated heterocycles. The van der Waals surface area contributed by atoms with Crippen molar-refractivity contribution in [2.45, 2.75) is 20.3 Å². The predicted octanol–water partition coefficient (Wildman–Crippen LogP) is 6.62. The van der Waals surface area contributed by atoms with Crippen molar-refractivity contribution in [2.24, 2.45) is 0 Å². The van der Waals surface area contributed by atoms with Crippen molar-refractivity contribution in [1.29, 1.82) is 0 Å². The van der Waals surface area contributed by atoms with Gasteiger partial charge in [0.05, 0.1) is 6.61 Å². The standard InChI is InChI=1S/C24H24O/c1-3-18-25-24-19(2)14-16-22(21-12-8-5-9-13-21)23(24)17-15-20-10-6-4-7-11-20/h4-17H,3,18H2,1-2H3. The van der Waals surface area contributed by atoms with Gasteiger partial charge in [-0.15, -0.1) is 0 Å². The molecule has 0 radical (unpaired) electrons. The molecule has 0 aromatic heterocycles. The third kappa shape index (κ3) is 4.19. The summed E-state index contributed by atoms with van der Waals surface area (Å²) < 4.78 is 6.12. The van der Waals surface area contributed by atoms with Crippen molar-refractivity contribution in [2.75, 3.05) is 6.61 Å². The van der Waals surface area contributed by atoms with Gasteiger partial charge in [-0.05, 0) is 35.6 Å². The maximum absolute atomic E-state index is 6.12. The lowest BCUT2D eigenvalue weighted by Gasteiger charge is -2.16. The van der Waals surface area contributed by atoms with E-state index >= 15 is 0 Å². The molecule has 126 valence electrons. The van der Waals surface area contributed by atoms with Gasteiger partial charge in [-0.25, -0.2) is 0 Å². The average Bonchev–Trinajstić information content (AvgIpc) is 2.67. The molecule has 3 aromatic rings. The van der Waals surface area contributed by atoms with E-state index in [2.05, 4.69) is 86.7 Å². The number of hydrogen-bond acceptors (Lipinski definition) is 1. The summed E-state index contributed by atoms with van der Waals surface area (Å²) in [6.07, 6.45) is 5.33. The third-order valence-electron chi connectivity index (χ3n) is 4.17. The monoisotopic (exact) mass is 328 g/mol. The van der Waals surface area contributed by atoms with Gasteiger partial charge in [-0.3, -0.25) is 0 Å². The molecule has 0 heterocycles. The summed E-state index contributed by atoms with van der Waals surface area (Å²) in [6.45, 7) is 4.97. The van der Waals surface area contributed by atoms with Crippen LogP contribution in [0.25, 0.3) is 23.3 Å². The maximum Gasteiger partial charge on any atom is 0.130 e. The minimum Gasteiger partial charge on any atom is -0.493 e. The molecule has 25 heavy (non-hydrogen) atoms. The first-order chi connectivity index (χ1) is 12.3. The van der Waals surface area contributed by atoms with E-state index in [9.17, 15) is 0 Å². The summed E-state index contributed by atoms with van der Waals surface area (Å²) >= 11 is 0. The van der Waals surface area contributed by atoms with Gasteiger partial charge in [0.2, 0.25) is 0 Å². The van der Waals surface area contributed by atoms with E-state index in [1.807, 2.05) is 12.1 Å². The molecule has 0 atom stereocenters. The van der Waals surface area contributed by atoms with Crippen molar-refractivity contribution in [3.05, 3.63) is 89.5 Å². The lowest BCUT2D eigenvalue weighted by atomic mass is 9.95. The van der Waals surface area contributed by atoms with E-state index in [4.69, 9.17) is 4.74 Å². The van der Waals surface area contributed by atoms with Crippen LogP contribution in [0.3, 0.4) is 0 Å². The summed E-state index contributed by atoms with van der Waals surface area (Å²) in [4.78, 5) is 0. The minimum absolute atomic E-state index is 0.727. The highest BCUT2D eigenvalue weighted by molar-refractivity contribution is 5.84. The van der Waals surface area contributed by atoms with E-state index in [-0.39, 0.29) is 0 Å². The fourth-order valence-electron chi connectivity index (χ4n) is 2.88. The number of hydrogen-bond donors (Lipinski definition) is 0. The highest BCUT2D eigenvalue weighted by Gasteiger charge is 2.12. The van der Waals surface area contributed by atoms with Gasteiger partial charge in [0.1, 0.15) is 5.75 Å². The normalized spacial score (nSPS) is 11.0. The van der Waals surface area contributed by atoms with Crippen LogP contribution < -0.4 is 4.74 Å². The zero-order valence-corrected chi connectivity index (χ0v) is 14.9. The summed E-state index contributed by atoms with van der Waals surface area (Å²) in [7, 11) is 0. The summed E-state index contributed by atoms with van der Waals surface area (Å²) in [5.41, 5.74) is 5.90. The number of ether oxygens (including phenoxy) is 1. The molecule has 3 aromatic carbocycles. The van der Waals surface area contributed by atoms with E-state index in [0.29, 0.717) is 0 Å². The van der Waals surface area contributed by atoms with Crippen molar-refractivity contribution in [3.8, 4) is 16.9 Å². The van der Waals surface area contributed by atoms with Gasteiger partial charge in [0, 0.05) is 5.56 Å². The predicted molar refractivity (Wildman–Crippen MR) is 108 cm³/mol. The van der Waals surface area contributed by atoms with Crippen LogP contribution in [0.4, 0.5) is 0 Å². The molecule has 0 aliphatic heterocycles. The Morgan fingerprint density at radius 3 is 2.16 bits per heavy atom. The van der Waals surface area contributed by atoms with Crippen LogP contribution >= 0.6 is 0 Å². The zero-order chi connectivity index (χ0) is 17.5. The Morgan fingerprint density at radius 1 is 0.800 bits per heavy atom. The third-order valence-corrected chi connectivity index (χ3v) is 4.17. The first-order valence-electron chi connectivity index (χ1n) is 8.84. The van der Waals surface area contributed by atoms with Crippen LogP contribution in [0.1, 0.15) is 30.0 Å². The quantitative estimate of drug-likeness (QED) is 0.462. The van der Waals surface area contributed by atoms with Gasteiger partial charge >= 0.3 is 0 Å². The first-order valence-corrected chi connectivity index (χ1v) is 8.84. The van der Waals surface area contributed by atoms with Gasteiger partial charge in [0.25, 0.3) is 0 Å². The molecule has 0 aliphatic carbocycles. The van der Waals surface area contributed by atoms with Crippen LogP contribution in [0, 0.1) is 6.92 Å². The highest BCUT2D eigenvalue weighted by atomic mass is 16.5. The Labute approximate surface area is 150 Å². The lowest BCUT2D eigenvalue weighted by molar-refractivity contribution is 0.315. The average molecular weight is 328 g/mol. The molecule has 0 amide bonds. The SMILES string of the molecule is CCCOc1c(C)ccc(-c2ccccc2)c1C=Cc1ccccc1. The van der Waals surface area contributed by atoms with Gasteiger partial charge in [0.15, 0.2) is 0 Å². The second kappa shape index (κ2) is 8.34. The number of benzene rings is 3. The van der Waals surface area contributed by atoms with Crippen molar-refractivity contribution in [1.82, 2.24) is 0 Å². The van der Waals surface area contributed by atoms with E-state index in [1.54, 1.807) is 0 Å². The maximum atomic E-state index is 6.12. The van der Waals surface area contributed by atoms with Crippen molar-refractivity contribution >= 4 is 12.2 Å². The summed E-state index contributed by atoms with van der Waals surface area (Å²) in [6, 6.07) is 25.2. The number of rotatable bonds is 6. The second-order valence-corrected chi connectivity index (χ2v) is 6.13. The second-order valence-electron chi connectivity index (χ2n) is 6.13. The van der Waals surface area contributed by atoms with Crippen LogP contribution in [0.15, 0.2) is 72.8 Å². The molecule has 1 nitrogen and oxygen atoms in total. The zero-order valence-electron chi connectivity index (χ0n) is 14.9. The largest absolute Gasteiger partial charge is 0.493 e. The molecule has 0 saturated carbocycles. The Hall–Kier alpha value is -2.80. The van der Waals surface area contributed by atoms with E-state index in [1.165, 1.54) is 22.3 Å². The Morgan fingerprint density at radius 2 is 1.48 bits per heavy atom. The molecular formula is C24H24O. The molecule has 0 spiro atoms. The molecule has 3 rings (SSSR count). The molecule has 0 aliphatic rings. The smallest absolute Gasteiger partial charge is 0.130 e. The van der Waals surface area contributed by atoms with Crippen LogP contribution in [0.2, 0.25) is 0 Å². The topological polar surface area (TPSA) is 9.23 Å². The molecular weight excluding hydrogens is 304 g/mol. The van der Waals surface area contributed by atoms with Crippen LogP contribution in [-0.2, 0) is 0 Å². The van der Waals surface area contributed by atoms with Crippen molar-refractivity contribution in [3.63, 3.8) is 0 Å². The van der Waals surface area contributed by atoms with Gasteiger partial charge in [-0.1, -0.05) is 91.9 Å². The minimum atomic E-state index is 0.727. The Kier molecular flexibility index (Phi) is 5.69. The molecule has 1 heteroatoms.